The average molecular weight is 219 g/mol. The minimum atomic E-state index is -0.773. The van der Waals surface area contributed by atoms with Crippen molar-refractivity contribution in [1.29, 1.82) is 5.26 Å². The van der Waals surface area contributed by atoms with Crippen molar-refractivity contribution in [2.75, 3.05) is 7.11 Å². The largest absolute Gasteiger partial charge is 0.465 e. The summed E-state index contributed by atoms with van der Waals surface area (Å²) in [6, 6.07) is 6.20. The molecule has 0 atom stereocenters. The highest BCUT2D eigenvalue weighted by molar-refractivity contribution is 5.98. The van der Waals surface area contributed by atoms with Gasteiger partial charge in [-0.3, -0.25) is 0 Å². The normalized spacial score (nSPS) is 10.8. The van der Waals surface area contributed by atoms with Crippen LogP contribution < -0.4 is 0 Å². The fraction of sp³-hybridized carbons (Fsp3) is 0.167. The lowest BCUT2D eigenvalue weighted by molar-refractivity contribution is -0.135. The van der Waals surface area contributed by atoms with E-state index in [2.05, 4.69) is 4.74 Å². The number of rotatable bonds is 2. The summed E-state index contributed by atoms with van der Waals surface area (Å²) in [5, 5.41) is 8.73. The van der Waals surface area contributed by atoms with Gasteiger partial charge in [0.1, 0.15) is 17.5 Å². The summed E-state index contributed by atoms with van der Waals surface area (Å²) >= 11 is 0. The number of nitrogens with zero attached hydrogens (tertiary/aromatic N) is 1. The Morgan fingerprint density at radius 1 is 1.56 bits per heavy atom. The van der Waals surface area contributed by atoms with Crippen molar-refractivity contribution < 1.29 is 13.9 Å². The summed E-state index contributed by atoms with van der Waals surface area (Å²) < 4.78 is 17.8. The fourth-order valence-electron chi connectivity index (χ4n) is 1.22. The minimum Gasteiger partial charge on any atom is -0.465 e. The smallest absolute Gasteiger partial charge is 0.348 e. The van der Waals surface area contributed by atoms with Gasteiger partial charge in [0.25, 0.3) is 0 Å². The predicted molar refractivity (Wildman–Crippen MR) is 56.7 cm³/mol. The highest BCUT2D eigenvalue weighted by atomic mass is 19.1. The summed E-state index contributed by atoms with van der Waals surface area (Å²) in [5.41, 5.74) is 0.650. The number of carbonyl (C=O) groups is 1. The zero-order valence-electron chi connectivity index (χ0n) is 8.95. The maximum Gasteiger partial charge on any atom is 0.348 e. The third-order valence-corrected chi connectivity index (χ3v) is 2.09. The lowest BCUT2D eigenvalue weighted by atomic mass is 10.1. The van der Waals surface area contributed by atoms with Crippen molar-refractivity contribution in [2.24, 2.45) is 0 Å². The van der Waals surface area contributed by atoms with Crippen LogP contribution in [0.4, 0.5) is 4.39 Å². The van der Waals surface area contributed by atoms with Gasteiger partial charge in [-0.05, 0) is 24.6 Å². The van der Waals surface area contributed by atoms with Gasteiger partial charge >= 0.3 is 5.97 Å². The predicted octanol–water partition coefficient (Wildman–Crippen LogP) is 2.21. The molecular weight excluding hydrogens is 209 g/mol. The highest BCUT2D eigenvalue weighted by Gasteiger charge is 2.11. The van der Waals surface area contributed by atoms with Gasteiger partial charge < -0.3 is 4.74 Å². The molecule has 0 aliphatic rings. The molecule has 4 heteroatoms. The summed E-state index contributed by atoms with van der Waals surface area (Å²) in [6.07, 6.45) is 1.19. The molecule has 0 unspecified atom stereocenters. The van der Waals surface area contributed by atoms with Crippen LogP contribution in [0, 0.1) is 24.1 Å². The highest BCUT2D eigenvalue weighted by Crippen LogP contribution is 2.16. The second-order valence-corrected chi connectivity index (χ2v) is 3.13. The standard InChI is InChI=1S/C12H10FNO2/c1-8-4-3-5-11(13)10(8)6-9(7-14)12(15)16-2/h3-6H,1-2H3/b9-6+. The van der Waals surface area contributed by atoms with Crippen LogP contribution in [0.5, 0.6) is 0 Å². The summed E-state index contributed by atoms with van der Waals surface area (Å²) in [4.78, 5) is 11.1. The van der Waals surface area contributed by atoms with Gasteiger partial charge in [-0.1, -0.05) is 12.1 Å². The Bertz CT molecular complexity index is 466. The number of nitriles is 1. The molecule has 1 aromatic carbocycles. The van der Waals surface area contributed by atoms with Gasteiger partial charge in [-0.25, -0.2) is 9.18 Å². The second-order valence-electron chi connectivity index (χ2n) is 3.13. The van der Waals surface area contributed by atoms with Crippen LogP contribution in [0.2, 0.25) is 0 Å². The molecule has 0 heterocycles. The van der Waals surface area contributed by atoms with Crippen LogP contribution >= 0.6 is 0 Å². The first-order valence-corrected chi connectivity index (χ1v) is 4.55. The van der Waals surface area contributed by atoms with Gasteiger partial charge in [0.15, 0.2) is 0 Å². The zero-order chi connectivity index (χ0) is 12.1. The first-order chi connectivity index (χ1) is 7.60. The fourth-order valence-corrected chi connectivity index (χ4v) is 1.22. The van der Waals surface area contributed by atoms with E-state index in [1.165, 1.54) is 19.3 Å². The quantitative estimate of drug-likeness (QED) is 0.435. The molecule has 0 spiro atoms. The number of halogens is 1. The third-order valence-electron chi connectivity index (χ3n) is 2.09. The molecule has 0 aliphatic carbocycles. The monoisotopic (exact) mass is 219 g/mol. The number of carbonyl (C=O) groups excluding carboxylic acids is 1. The first kappa shape index (κ1) is 11.9. The molecule has 82 valence electrons. The van der Waals surface area contributed by atoms with Crippen LogP contribution in [0.15, 0.2) is 23.8 Å². The van der Waals surface area contributed by atoms with Crippen LogP contribution in [-0.2, 0) is 9.53 Å². The first-order valence-electron chi connectivity index (χ1n) is 4.55. The molecule has 16 heavy (non-hydrogen) atoms. The lowest BCUT2D eigenvalue weighted by Crippen LogP contribution is -2.03. The van der Waals surface area contributed by atoms with Gasteiger partial charge in [0.2, 0.25) is 0 Å². The van der Waals surface area contributed by atoms with Gasteiger partial charge in [-0.2, -0.15) is 5.26 Å². The molecule has 1 rings (SSSR count). The molecule has 0 fully saturated rings. The number of ether oxygens (including phenoxy) is 1. The van der Waals surface area contributed by atoms with Gasteiger partial charge in [0, 0.05) is 5.56 Å². The maximum atomic E-state index is 13.4. The van der Waals surface area contributed by atoms with E-state index >= 15 is 0 Å². The number of aryl methyl sites for hydroxylation is 1. The van der Waals surface area contributed by atoms with E-state index in [1.54, 1.807) is 25.1 Å². The Balaban J connectivity index is 3.25. The summed E-state index contributed by atoms with van der Waals surface area (Å²) in [7, 11) is 1.17. The van der Waals surface area contributed by atoms with Crippen LogP contribution in [0.3, 0.4) is 0 Å². The number of hydrogen-bond acceptors (Lipinski definition) is 3. The summed E-state index contributed by atoms with van der Waals surface area (Å²) in [6.45, 7) is 1.70. The van der Waals surface area contributed by atoms with E-state index in [0.29, 0.717) is 5.56 Å². The van der Waals surface area contributed by atoms with E-state index in [1.807, 2.05) is 0 Å². The van der Waals surface area contributed by atoms with E-state index < -0.39 is 11.8 Å². The van der Waals surface area contributed by atoms with Crippen molar-refractivity contribution >= 4 is 12.0 Å². The Kier molecular flexibility index (Phi) is 3.78. The Labute approximate surface area is 92.8 Å². The summed E-state index contributed by atoms with van der Waals surface area (Å²) in [5.74, 6) is -1.25. The Morgan fingerprint density at radius 3 is 2.75 bits per heavy atom. The van der Waals surface area contributed by atoms with Crippen molar-refractivity contribution in [3.63, 3.8) is 0 Å². The van der Waals surface area contributed by atoms with E-state index in [9.17, 15) is 9.18 Å². The van der Waals surface area contributed by atoms with Gasteiger partial charge in [-0.15, -0.1) is 0 Å². The topological polar surface area (TPSA) is 50.1 Å². The SMILES string of the molecule is COC(=O)/C(C#N)=C/c1c(C)cccc1F. The maximum absolute atomic E-state index is 13.4. The van der Waals surface area contributed by atoms with Crippen LogP contribution in [-0.4, -0.2) is 13.1 Å². The van der Waals surface area contributed by atoms with Crippen molar-refractivity contribution in [3.05, 3.63) is 40.7 Å². The molecule has 3 nitrogen and oxygen atoms in total. The number of hydrogen-bond donors (Lipinski definition) is 0. The van der Waals surface area contributed by atoms with Gasteiger partial charge in [0.05, 0.1) is 7.11 Å². The van der Waals surface area contributed by atoms with Crippen LogP contribution in [0.25, 0.3) is 6.08 Å². The molecule has 0 N–H and O–H groups in total. The molecule has 0 radical (unpaired) electrons. The number of esters is 1. The molecule has 0 saturated heterocycles. The molecule has 0 amide bonds. The van der Waals surface area contributed by atoms with Crippen molar-refractivity contribution in [1.82, 2.24) is 0 Å². The molecule has 0 aliphatic heterocycles. The third kappa shape index (κ3) is 2.45. The van der Waals surface area contributed by atoms with Crippen molar-refractivity contribution in [3.8, 4) is 6.07 Å². The second kappa shape index (κ2) is 5.08. The molecule has 0 bridgehead atoms. The van der Waals surface area contributed by atoms with E-state index in [4.69, 9.17) is 5.26 Å². The van der Waals surface area contributed by atoms with Crippen LogP contribution in [0.1, 0.15) is 11.1 Å². The minimum absolute atomic E-state index is 0.226. The molecule has 0 aromatic heterocycles. The van der Waals surface area contributed by atoms with Crippen molar-refractivity contribution in [2.45, 2.75) is 6.92 Å². The molecule has 1 aromatic rings. The Hall–Kier alpha value is -2.15. The average Bonchev–Trinajstić information content (AvgIpc) is 2.28. The lowest BCUT2D eigenvalue weighted by Gasteiger charge is -2.02. The number of methoxy groups -OCH3 is 1. The van der Waals surface area contributed by atoms with E-state index in [0.717, 1.165) is 0 Å². The molecular formula is C12H10FNO2. The Morgan fingerprint density at radius 2 is 2.25 bits per heavy atom. The molecule has 0 saturated carbocycles. The number of benzene rings is 1. The zero-order valence-corrected chi connectivity index (χ0v) is 8.95. The van der Waals surface area contributed by atoms with E-state index in [-0.39, 0.29) is 11.1 Å².